The molecule has 1 fully saturated rings. The normalized spacial score (nSPS) is 18.5. The third-order valence-corrected chi connectivity index (χ3v) is 5.55. The minimum absolute atomic E-state index is 0.0214. The number of likely N-dealkylation sites (tertiary alicyclic amines) is 1. The molecule has 3 rings (SSSR count). The zero-order valence-electron chi connectivity index (χ0n) is 13.4. The van der Waals surface area contributed by atoms with Crippen LogP contribution in [0.4, 0.5) is 5.13 Å². The minimum atomic E-state index is -0.0214. The molecule has 1 atom stereocenters. The zero-order chi connectivity index (χ0) is 17.1. The lowest BCUT2D eigenvalue weighted by Gasteiger charge is -2.32. The van der Waals surface area contributed by atoms with Gasteiger partial charge in [-0.25, -0.2) is 4.98 Å². The van der Waals surface area contributed by atoms with E-state index in [-0.39, 0.29) is 5.91 Å². The highest BCUT2D eigenvalue weighted by Crippen LogP contribution is 2.32. The molecule has 128 valence electrons. The predicted molar refractivity (Wildman–Crippen MR) is 101 cm³/mol. The van der Waals surface area contributed by atoms with Crippen LogP contribution in [0.15, 0.2) is 23.6 Å². The molecule has 0 bridgehead atoms. The Bertz CT molecular complexity index is 734. The van der Waals surface area contributed by atoms with Gasteiger partial charge >= 0.3 is 0 Å². The molecule has 0 unspecified atom stereocenters. The van der Waals surface area contributed by atoms with Crippen LogP contribution >= 0.6 is 34.5 Å². The molecule has 2 aromatic rings. The van der Waals surface area contributed by atoms with Crippen molar-refractivity contribution < 1.29 is 4.79 Å². The molecule has 0 aliphatic carbocycles. The van der Waals surface area contributed by atoms with E-state index in [4.69, 9.17) is 23.2 Å². The van der Waals surface area contributed by atoms with Crippen molar-refractivity contribution in [3.63, 3.8) is 0 Å². The van der Waals surface area contributed by atoms with Gasteiger partial charge in [-0.2, -0.15) is 0 Å². The fourth-order valence-electron chi connectivity index (χ4n) is 2.89. The summed E-state index contributed by atoms with van der Waals surface area (Å²) in [5.41, 5.74) is 1.55. The second-order valence-electron chi connectivity index (χ2n) is 6.03. The summed E-state index contributed by atoms with van der Waals surface area (Å²) >= 11 is 13.5. The quantitative estimate of drug-likeness (QED) is 0.813. The van der Waals surface area contributed by atoms with Gasteiger partial charge in [-0.1, -0.05) is 29.6 Å². The number of carbonyl (C=O) groups excluding carboxylic acids is 1. The fraction of sp³-hybridized carbons (Fsp3) is 0.412. The fourth-order valence-corrected chi connectivity index (χ4v) is 4.12. The van der Waals surface area contributed by atoms with Gasteiger partial charge in [0, 0.05) is 22.0 Å². The Hall–Kier alpha value is -1.14. The van der Waals surface area contributed by atoms with Crippen LogP contribution in [0, 0.1) is 0 Å². The molecule has 1 aromatic carbocycles. The van der Waals surface area contributed by atoms with E-state index in [0.717, 1.165) is 30.6 Å². The van der Waals surface area contributed by atoms with Gasteiger partial charge in [-0.05, 0) is 44.5 Å². The first-order valence-electron chi connectivity index (χ1n) is 7.98. The van der Waals surface area contributed by atoms with Gasteiger partial charge in [0.1, 0.15) is 0 Å². The van der Waals surface area contributed by atoms with Crippen molar-refractivity contribution >= 4 is 45.6 Å². The van der Waals surface area contributed by atoms with Crippen LogP contribution in [0.2, 0.25) is 10.0 Å². The predicted octanol–water partition coefficient (Wildman–Crippen LogP) is 4.93. The van der Waals surface area contributed by atoms with E-state index in [9.17, 15) is 4.79 Å². The maximum absolute atomic E-state index is 12.3. The van der Waals surface area contributed by atoms with Gasteiger partial charge < -0.3 is 5.32 Å². The number of piperidine rings is 1. The molecule has 1 N–H and O–H groups in total. The Kier molecular flexibility index (Phi) is 5.76. The number of rotatable bonds is 4. The number of nitrogens with one attached hydrogen (secondary N) is 1. The van der Waals surface area contributed by atoms with Crippen LogP contribution in [0.3, 0.4) is 0 Å². The number of hydrogen-bond acceptors (Lipinski definition) is 4. The summed E-state index contributed by atoms with van der Waals surface area (Å²) in [7, 11) is 0. The second-order valence-corrected chi connectivity index (χ2v) is 7.73. The summed E-state index contributed by atoms with van der Waals surface area (Å²) in [6, 6.07) is 5.76. The molecule has 1 amide bonds. The molecule has 0 spiro atoms. The van der Waals surface area contributed by atoms with Crippen molar-refractivity contribution in [1.82, 2.24) is 9.88 Å². The smallest absolute Gasteiger partial charge is 0.240 e. The summed E-state index contributed by atoms with van der Waals surface area (Å²) in [5, 5.41) is 6.50. The number of halogens is 2. The van der Waals surface area contributed by atoms with E-state index in [1.54, 1.807) is 12.1 Å². The summed E-state index contributed by atoms with van der Waals surface area (Å²) in [5.74, 6) is -0.0214. The lowest BCUT2D eigenvalue weighted by atomic mass is 10.0. The molecule has 0 saturated carbocycles. The molecule has 0 radical (unpaired) electrons. The maximum atomic E-state index is 12.3. The summed E-state index contributed by atoms with van der Waals surface area (Å²) in [6.45, 7) is 3.58. The lowest BCUT2D eigenvalue weighted by molar-refractivity contribution is -0.118. The molecule has 7 heteroatoms. The van der Waals surface area contributed by atoms with Gasteiger partial charge in [0.25, 0.3) is 0 Å². The Morgan fingerprint density at radius 1 is 1.42 bits per heavy atom. The number of nitrogens with zero attached hydrogens (tertiary/aromatic N) is 2. The number of anilines is 1. The highest BCUT2D eigenvalue weighted by Gasteiger charge is 2.21. The average molecular weight is 384 g/mol. The monoisotopic (exact) mass is 383 g/mol. The number of benzene rings is 1. The molecule has 1 aliphatic rings. The van der Waals surface area contributed by atoms with Crippen molar-refractivity contribution in [2.45, 2.75) is 32.2 Å². The molecule has 1 aliphatic heterocycles. The summed E-state index contributed by atoms with van der Waals surface area (Å²) < 4.78 is 0. The molecule has 24 heavy (non-hydrogen) atoms. The van der Waals surface area contributed by atoms with Crippen LogP contribution in [0.25, 0.3) is 11.3 Å². The van der Waals surface area contributed by atoms with E-state index in [2.05, 4.69) is 22.1 Å². The van der Waals surface area contributed by atoms with E-state index in [0.29, 0.717) is 27.8 Å². The molecule has 4 nitrogen and oxygen atoms in total. The van der Waals surface area contributed by atoms with E-state index < -0.39 is 0 Å². The molecular formula is C17H19Cl2N3OS. The van der Waals surface area contributed by atoms with E-state index in [1.165, 1.54) is 17.8 Å². The van der Waals surface area contributed by atoms with Crippen LogP contribution in [-0.4, -0.2) is 34.9 Å². The standard InChI is InChI=1S/C17H19Cl2N3OS/c1-11-4-2-3-7-22(11)9-16(23)21-17-20-15(10-24-17)13-6-5-12(18)8-14(13)19/h5-6,8,10-11H,2-4,7,9H2,1H3,(H,20,21,23)/t11-/m1/s1. The average Bonchev–Trinajstić information content (AvgIpc) is 2.97. The van der Waals surface area contributed by atoms with Crippen LogP contribution in [0.5, 0.6) is 0 Å². The molecule has 2 heterocycles. The Morgan fingerprint density at radius 2 is 2.25 bits per heavy atom. The van der Waals surface area contributed by atoms with Crippen molar-refractivity contribution in [2.75, 3.05) is 18.4 Å². The number of amides is 1. The van der Waals surface area contributed by atoms with Crippen LogP contribution in [-0.2, 0) is 4.79 Å². The number of hydrogen-bond donors (Lipinski definition) is 1. The molecular weight excluding hydrogens is 365 g/mol. The first-order valence-corrected chi connectivity index (χ1v) is 9.61. The van der Waals surface area contributed by atoms with Gasteiger partial charge in [0.05, 0.1) is 17.3 Å². The summed E-state index contributed by atoms with van der Waals surface area (Å²) in [4.78, 5) is 18.9. The Morgan fingerprint density at radius 3 is 3.00 bits per heavy atom. The van der Waals surface area contributed by atoms with Crippen molar-refractivity contribution in [2.24, 2.45) is 0 Å². The van der Waals surface area contributed by atoms with Crippen molar-refractivity contribution in [1.29, 1.82) is 0 Å². The SMILES string of the molecule is C[C@@H]1CCCCN1CC(=O)Nc1nc(-c2ccc(Cl)cc2Cl)cs1. The summed E-state index contributed by atoms with van der Waals surface area (Å²) in [6.07, 6.45) is 3.56. The van der Waals surface area contributed by atoms with Gasteiger partial charge in [0.15, 0.2) is 5.13 Å². The number of carbonyl (C=O) groups is 1. The van der Waals surface area contributed by atoms with E-state index >= 15 is 0 Å². The highest BCUT2D eigenvalue weighted by atomic mass is 35.5. The third-order valence-electron chi connectivity index (χ3n) is 4.24. The highest BCUT2D eigenvalue weighted by molar-refractivity contribution is 7.14. The second kappa shape index (κ2) is 7.83. The first kappa shape index (κ1) is 17.7. The topological polar surface area (TPSA) is 45.2 Å². The number of thiazole rings is 1. The first-order chi connectivity index (χ1) is 11.5. The van der Waals surface area contributed by atoms with Crippen molar-refractivity contribution in [3.8, 4) is 11.3 Å². The largest absolute Gasteiger partial charge is 0.301 e. The van der Waals surface area contributed by atoms with Crippen molar-refractivity contribution in [3.05, 3.63) is 33.6 Å². The Balaban J connectivity index is 1.64. The zero-order valence-corrected chi connectivity index (χ0v) is 15.7. The van der Waals surface area contributed by atoms with Gasteiger partial charge in [-0.3, -0.25) is 9.69 Å². The van der Waals surface area contributed by atoms with E-state index in [1.807, 2.05) is 11.4 Å². The number of aromatic nitrogens is 1. The van der Waals surface area contributed by atoms with Gasteiger partial charge in [0.2, 0.25) is 5.91 Å². The minimum Gasteiger partial charge on any atom is -0.301 e. The maximum Gasteiger partial charge on any atom is 0.240 e. The lowest BCUT2D eigenvalue weighted by Crippen LogP contribution is -2.42. The Labute approximate surface area is 155 Å². The van der Waals surface area contributed by atoms with Crippen LogP contribution in [0.1, 0.15) is 26.2 Å². The molecule has 1 aromatic heterocycles. The van der Waals surface area contributed by atoms with Crippen LogP contribution < -0.4 is 5.32 Å². The molecule has 1 saturated heterocycles. The van der Waals surface area contributed by atoms with Gasteiger partial charge in [-0.15, -0.1) is 11.3 Å². The third kappa shape index (κ3) is 4.28.